The summed E-state index contributed by atoms with van der Waals surface area (Å²) in [5, 5.41) is 0. The summed E-state index contributed by atoms with van der Waals surface area (Å²) < 4.78 is 44.7. The van der Waals surface area contributed by atoms with Crippen molar-refractivity contribution in [1.29, 1.82) is 0 Å². The second-order valence-corrected chi connectivity index (χ2v) is 3.72. The molecule has 0 radical (unpaired) electrons. The van der Waals surface area contributed by atoms with Gasteiger partial charge in [-0.1, -0.05) is 12.1 Å². The van der Waals surface area contributed by atoms with E-state index in [0.717, 1.165) is 0 Å². The highest BCUT2D eigenvalue weighted by atomic mass is 19.4. The Bertz CT molecular complexity index is 388. The van der Waals surface area contributed by atoms with Gasteiger partial charge in [0.15, 0.2) is 0 Å². The predicted molar refractivity (Wildman–Crippen MR) is 49.8 cm³/mol. The van der Waals surface area contributed by atoms with Crippen LogP contribution in [0, 0.1) is 0 Å². The van der Waals surface area contributed by atoms with Crippen LogP contribution in [0.15, 0.2) is 24.3 Å². The van der Waals surface area contributed by atoms with Gasteiger partial charge in [-0.3, -0.25) is 0 Å². The van der Waals surface area contributed by atoms with Crippen LogP contribution in [0.5, 0.6) is 5.75 Å². The van der Waals surface area contributed by atoms with E-state index in [1.165, 1.54) is 18.2 Å². The lowest BCUT2D eigenvalue weighted by Gasteiger charge is -2.38. The minimum Gasteiger partial charge on any atom is -0.406 e. The molecule has 1 aliphatic rings. The van der Waals surface area contributed by atoms with E-state index in [4.69, 9.17) is 10.5 Å². The molecule has 88 valence electrons. The van der Waals surface area contributed by atoms with Gasteiger partial charge >= 0.3 is 6.36 Å². The van der Waals surface area contributed by atoms with Gasteiger partial charge in [0.1, 0.15) is 5.75 Å². The first-order chi connectivity index (χ1) is 7.39. The lowest BCUT2D eigenvalue weighted by Crippen LogP contribution is -2.54. The summed E-state index contributed by atoms with van der Waals surface area (Å²) >= 11 is 0. The third-order valence-corrected chi connectivity index (χ3v) is 2.36. The number of alkyl halides is 3. The Morgan fingerprint density at radius 1 is 1.31 bits per heavy atom. The summed E-state index contributed by atoms with van der Waals surface area (Å²) in [6.07, 6.45) is -4.68. The van der Waals surface area contributed by atoms with Crippen molar-refractivity contribution in [3.63, 3.8) is 0 Å². The van der Waals surface area contributed by atoms with Crippen molar-refractivity contribution in [2.45, 2.75) is 11.9 Å². The molecule has 2 rings (SSSR count). The fraction of sp³-hybridized carbons (Fsp3) is 0.400. The standard InChI is InChI=1S/C10H10F3NO2/c11-10(12,13)16-8-3-1-2-7(4-8)9(14)5-15-6-9/h1-4H,5-6,14H2. The van der Waals surface area contributed by atoms with E-state index in [1.54, 1.807) is 6.07 Å². The fourth-order valence-electron chi connectivity index (χ4n) is 1.49. The molecule has 0 aliphatic carbocycles. The summed E-state index contributed by atoms with van der Waals surface area (Å²) in [6, 6.07) is 5.66. The Hall–Kier alpha value is -1.27. The molecule has 0 amide bonds. The molecule has 0 bridgehead atoms. The van der Waals surface area contributed by atoms with Crippen molar-refractivity contribution in [2.24, 2.45) is 5.73 Å². The van der Waals surface area contributed by atoms with Gasteiger partial charge in [-0.2, -0.15) is 0 Å². The summed E-state index contributed by atoms with van der Waals surface area (Å²) in [5.41, 5.74) is 5.79. The highest BCUT2D eigenvalue weighted by molar-refractivity contribution is 5.34. The molecular weight excluding hydrogens is 223 g/mol. The molecule has 2 N–H and O–H groups in total. The lowest BCUT2D eigenvalue weighted by atomic mass is 9.89. The number of ether oxygens (including phenoxy) is 2. The fourth-order valence-corrected chi connectivity index (χ4v) is 1.49. The van der Waals surface area contributed by atoms with Gasteiger partial charge < -0.3 is 15.2 Å². The highest BCUT2D eigenvalue weighted by Crippen LogP contribution is 2.30. The molecule has 0 saturated carbocycles. The molecule has 16 heavy (non-hydrogen) atoms. The van der Waals surface area contributed by atoms with E-state index in [1.807, 2.05) is 0 Å². The Kier molecular flexibility index (Phi) is 2.55. The first-order valence-corrected chi connectivity index (χ1v) is 4.62. The van der Waals surface area contributed by atoms with Crippen molar-refractivity contribution in [1.82, 2.24) is 0 Å². The Balaban J connectivity index is 2.20. The zero-order chi connectivity index (χ0) is 11.8. The second-order valence-electron chi connectivity index (χ2n) is 3.72. The normalized spacial score (nSPS) is 19.0. The lowest BCUT2D eigenvalue weighted by molar-refractivity contribution is -0.274. The summed E-state index contributed by atoms with van der Waals surface area (Å²) in [5.74, 6) is -0.262. The average Bonchev–Trinajstić information content (AvgIpc) is 2.12. The van der Waals surface area contributed by atoms with Crippen LogP contribution in [0.4, 0.5) is 13.2 Å². The van der Waals surface area contributed by atoms with Gasteiger partial charge in [0.05, 0.1) is 18.8 Å². The van der Waals surface area contributed by atoms with Gasteiger partial charge in [-0.25, -0.2) is 0 Å². The van der Waals surface area contributed by atoms with Crippen LogP contribution in [0.2, 0.25) is 0 Å². The molecule has 1 aromatic rings. The van der Waals surface area contributed by atoms with Crippen LogP contribution in [0.25, 0.3) is 0 Å². The molecule has 1 fully saturated rings. The quantitative estimate of drug-likeness (QED) is 0.846. The van der Waals surface area contributed by atoms with Crippen molar-refractivity contribution in [2.75, 3.05) is 13.2 Å². The van der Waals surface area contributed by atoms with E-state index >= 15 is 0 Å². The SMILES string of the molecule is NC1(c2cccc(OC(F)(F)F)c2)COC1. The topological polar surface area (TPSA) is 44.5 Å². The third-order valence-electron chi connectivity index (χ3n) is 2.36. The smallest absolute Gasteiger partial charge is 0.406 e. The van der Waals surface area contributed by atoms with E-state index in [9.17, 15) is 13.2 Å². The maximum Gasteiger partial charge on any atom is 0.573 e. The van der Waals surface area contributed by atoms with Crippen LogP contribution in [-0.2, 0) is 10.3 Å². The molecule has 0 unspecified atom stereocenters. The molecule has 1 aliphatic heterocycles. The Labute approximate surface area is 89.9 Å². The number of rotatable bonds is 2. The van der Waals surface area contributed by atoms with E-state index in [2.05, 4.69) is 4.74 Å². The molecule has 3 nitrogen and oxygen atoms in total. The zero-order valence-corrected chi connectivity index (χ0v) is 8.25. The van der Waals surface area contributed by atoms with Gasteiger partial charge in [-0.05, 0) is 17.7 Å². The molecule has 0 aromatic heterocycles. The van der Waals surface area contributed by atoms with Gasteiger partial charge in [0.2, 0.25) is 0 Å². The van der Waals surface area contributed by atoms with E-state index in [-0.39, 0.29) is 5.75 Å². The second kappa shape index (κ2) is 3.64. The molecule has 6 heteroatoms. The van der Waals surface area contributed by atoms with E-state index < -0.39 is 11.9 Å². The maximum absolute atomic E-state index is 12.0. The highest BCUT2D eigenvalue weighted by Gasteiger charge is 2.37. The number of hydrogen-bond acceptors (Lipinski definition) is 3. The summed E-state index contributed by atoms with van der Waals surface area (Å²) in [4.78, 5) is 0. The molecule has 1 heterocycles. The first kappa shape index (κ1) is 11.2. The number of benzene rings is 1. The number of hydrogen-bond donors (Lipinski definition) is 1. The first-order valence-electron chi connectivity index (χ1n) is 4.62. The van der Waals surface area contributed by atoms with Gasteiger partial charge in [0.25, 0.3) is 0 Å². The van der Waals surface area contributed by atoms with Crippen LogP contribution in [0.3, 0.4) is 0 Å². The van der Waals surface area contributed by atoms with Crippen LogP contribution in [0.1, 0.15) is 5.56 Å². The minimum absolute atomic E-state index is 0.262. The third kappa shape index (κ3) is 2.28. The number of nitrogens with two attached hydrogens (primary N) is 1. The summed E-state index contributed by atoms with van der Waals surface area (Å²) in [6.45, 7) is 0.616. The molecule has 1 aromatic carbocycles. The summed E-state index contributed by atoms with van der Waals surface area (Å²) in [7, 11) is 0. The van der Waals surface area contributed by atoms with Crippen molar-refractivity contribution < 1.29 is 22.6 Å². The molecule has 0 atom stereocenters. The van der Waals surface area contributed by atoms with Crippen LogP contribution in [-0.4, -0.2) is 19.6 Å². The monoisotopic (exact) mass is 233 g/mol. The van der Waals surface area contributed by atoms with Crippen LogP contribution < -0.4 is 10.5 Å². The van der Waals surface area contributed by atoms with Gasteiger partial charge in [-0.15, -0.1) is 13.2 Å². The zero-order valence-electron chi connectivity index (χ0n) is 8.25. The Morgan fingerprint density at radius 3 is 2.50 bits per heavy atom. The average molecular weight is 233 g/mol. The number of halogens is 3. The molecule has 1 saturated heterocycles. The largest absolute Gasteiger partial charge is 0.573 e. The van der Waals surface area contributed by atoms with Gasteiger partial charge in [0, 0.05) is 0 Å². The van der Waals surface area contributed by atoms with E-state index in [0.29, 0.717) is 18.8 Å². The maximum atomic E-state index is 12.0. The van der Waals surface area contributed by atoms with Crippen molar-refractivity contribution in [3.8, 4) is 5.75 Å². The molecule has 0 spiro atoms. The molecular formula is C10H10F3NO2. The Morgan fingerprint density at radius 2 is 2.00 bits per heavy atom. The minimum atomic E-state index is -4.68. The van der Waals surface area contributed by atoms with Crippen molar-refractivity contribution in [3.05, 3.63) is 29.8 Å². The van der Waals surface area contributed by atoms with Crippen LogP contribution >= 0.6 is 0 Å². The van der Waals surface area contributed by atoms with Crippen molar-refractivity contribution >= 4 is 0 Å². The predicted octanol–water partition coefficient (Wildman–Crippen LogP) is 1.77.